The average Bonchev–Trinajstić information content (AvgIpc) is 3.20. The number of aromatic nitrogens is 2. The smallest absolute Gasteiger partial charge is 0.296 e. The van der Waals surface area contributed by atoms with Crippen molar-refractivity contribution in [3.8, 4) is 11.4 Å². The highest BCUT2D eigenvalue weighted by Gasteiger charge is 2.35. The summed E-state index contributed by atoms with van der Waals surface area (Å²) in [5.41, 5.74) is 1.79. The second-order valence-corrected chi connectivity index (χ2v) is 7.56. The monoisotopic (exact) mass is 421 g/mol. The van der Waals surface area contributed by atoms with E-state index < -0.39 is 0 Å². The lowest BCUT2D eigenvalue weighted by Crippen LogP contribution is -2.34. The summed E-state index contributed by atoms with van der Waals surface area (Å²) in [5.74, 6) is 0.0185. The van der Waals surface area contributed by atoms with Crippen molar-refractivity contribution in [1.29, 1.82) is 0 Å². The predicted octanol–water partition coefficient (Wildman–Crippen LogP) is 2.66. The molecule has 1 fully saturated rings. The zero-order valence-corrected chi connectivity index (χ0v) is 17.2. The van der Waals surface area contributed by atoms with Crippen LogP contribution in [0.2, 0.25) is 0 Å². The third-order valence-corrected chi connectivity index (χ3v) is 5.70. The Bertz CT molecular complexity index is 1230. The molecule has 0 unspecified atom stereocenters. The highest BCUT2D eigenvalue weighted by atomic mass is 32.2. The lowest BCUT2D eigenvalue weighted by Gasteiger charge is -2.13. The van der Waals surface area contributed by atoms with Gasteiger partial charge in [-0.25, -0.2) is 9.58 Å². The van der Waals surface area contributed by atoms with E-state index in [0.29, 0.717) is 22.1 Å². The number of carbonyl (C=O) groups excluding carboxylic acids is 1. The van der Waals surface area contributed by atoms with Crippen molar-refractivity contribution in [3.63, 3.8) is 0 Å². The highest BCUT2D eigenvalue weighted by molar-refractivity contribution is 8.15. The molecule has 0 radical (unpaired) electrons. The number of carbonyl (C=O) groups is 1. The third kappa shape index (κ3) is 3.43. The first-order chi connectivity index (χ1) is 14.5. The Labute approximate surface area is 176 Å². The first kappa shape index (κ1) is 19.7. The molecule has 1 amide bonds. The van der Waals surface area contributed by atoms with E-state index in [0.717, 1.165) is 0 Å². The Hall–Kier alpha value is -3.59. The number of phenols is 1. The second-order valence-electron chi connectivity index (χ2n) is 6.61. The standard InChI is InChI=1S/C21H19N5O3S/c1-14-19(20(29)26(24(14)2)16-9-4-3-5-10-16)25-18(28)13-30-21(25)23-22-12-15-8-6-7-11-17(15)27/h3-12,27H,13H2,1-2H3/b22-12+,23-21+. The second kappa shape index (κ2) is 8.03. The number of amidine groups is 1. The number of rotatable bonds is 4. The minimum Gasteiger partial charge on any atom is -0.507 e. The molecule has 152 valence electrons. The fraction of sp³-hybridized carbons (Fsp3) is 0.143. The van der Waals surface area contributed by atoms with E-state index in [9.17, 15) is 14.7 Å². The molecule has 0 spiro atoms. The molecule has 0 bridgehead atoms. The Balaban J connectivity index is 1.75. The largest absolute Gasteiger partial charge is 0.507 e. The number of benzene rings is 2. The predicted molar refractivity (Wildman–Crippen MR) is 119 cm³/mol. The van der Waals surface area contributed by atoms with E-state index in [1.165, 1.54) is 27.6 Å². The van der Waals surface area contributed by atoms with Gasteiger partial charge in [0.05, 0.1) is 23.3 Å². The number of para-hydroxylation sites is 2. The summed E-state index contributed by atoms with van der Waals surface area (Å²) in [7, 11) is 1.77. The molecule has 0 aliphatic carbocycles. The van der Waals surface area contributed by atoms with Crippen LogP contribution >= 0.6 is 11.8 Å². The van der Waals surface area contributed by atoms with Crippen LogP contribution in [0.25, 0.3) is 5.69 Å². The number of aromatic hydroxyl groups is 1. The quantitative estimate of drug-likeness (QED) is 0.518. The van der Waals surface area contributed by atoms with E-state index >= 15 is 0 Å². The summed E-state index contributed by atoms with van der Waals surface area (Å²) < 4.78 is 3.23. The lowest BCUT2D eigenvalue weighted by molar-refractivity contribution is -0.115. The minimum atomic E-state index is -0.311. The van der Waals surface area contributed by atoms with E-state index in [1.54, 1.807) is 42.9 Å². The van der Waals surface area contributed by atoms with Gasteiger partial charge in [0.2, 0.25) is 5.91 Å². The van der Waals surface area contributed by atoms with Crippen LogP contribution in [0, 0.1) is 6.92 Å². The number of phenolic OH excluding ortho intramolecular Hbond substituents is 1. The third-order valence-electron chi connectivity index (χ3n) is 4.79. The molecule has 4 rings (SSSR count). The summed E-state index contributed by atoms with van der Waals surface area (Å²) in [5, 5.41) is 18.3. The summed E-state index contributed by atoms with van der Waals surface area (Å²) >= 11 is 1.21. The van der Waals surface area contributed by atoms with Crippen LogP contribution in [-0.4, -0.2) is 37.5 Å². The van der Waals surface area contributed by atoms with Crippen molar-refractivity contribution in [3.05, 3.63) is 76.2 Å². The lowest BCUT2D eigenvalue weighted by atomic mass is 10.2. The first-order valence-electron chi connectivity index (χ1n) is 9.18. The molecule has 1 aliphatic heterocycles. The van der Waals surface area contributed by atoms with E-state index in [2.05, 4.69) is 10.2 Å². The zero-order chi connectivity index (χ0) is 21.3. The summed E-state index contributed by atoms with van der Waals surface area (Å²) in [6.45, 7) is 1.79. The molecule has 0 saturated carbocycles. The molecule has 1 aromatic heterocycles. The van der Waals surface area contributed by atoms with Gasteiger partial charge in [-0.3, -0.25) is 14.3 Å². The number of anilines is 1. The van der Waals surface area contributed by atoms with Crippen LogP contribution in [0.15, 0.2) is 69.6 Å². The van der Waals surface area contributed by atoms with Gasteiger partial charge < -0.3 is 5.11 Å². The topological polar surface area (TPSA) is 92.2 Å². The molecule has 1 N–H and O–H groups in total. The fourth-order valence-electron chi connectivity index (χ4n) is 3.20. The maximum atomic E-state index is 13.2. The van der Waals surface area contributed by atoms with Crippen molar-refractivity contribution in [1.82, 2.24) is 9.36 Å². The molecule has 1 aliphatic rings. The van der Waals surface area contributed by atoms with Crippen molar-refractivity contribution in [2.45, 2.75) is 6.92 Å². The Kier molecular flexibility index (Phi) is 5.28. The summed E-state index contributed by atoms with van der Waals surface area (Å²) in [6, 6.07) is 16.0. The van der Waals surface area contributed by atoms with E-state index in [1.807, 2.05) is 30.3 Å². The van der Waals surface area contributed by atoms with Crippen molar-refractivity contribution in [2.75, 3.05) is 10.7 Å². The van der Waals surface area contributed by atoms with Crippen LogP contribution < -0.4 is 10.5 Å². The molecule has 2 aromatic carbocycles. The fourth-order valence-corrected chi connectivity index (χ4v) is 4.01. The van der Waals surface area contributed by atoms with Gasteiger partial charge >= 0.3 is 0 Å². The molecular formula is C21H19N5O3S. The average molecular weight is 421 g/mol. The Morgan fingerprint density at radius 1 is 1.07 bits per heavy atom. The van der Waals surface area contributed by atoms with Crippen LogP contribution in [0.4, 0.5) is 5.69 Å². The van der Waals surface area contributed by atoms with Crippen LogP contribution in [0.5, 0.6) is 5.75 Å². The van der Waals surface area contributed by atoms with Crippen molar-refractivity contribution in [2.24, 2.45) is 17.3 Å². The van der Waals surface area contributed by atoms with Crippen LogP contribution in [-0.2, 0) is 11.8 Å². The Morgan fingerprint density at radius 3 is 2.50 bits per heavy atom. The molecule has 30 heavy (non-hydrogen) atoms. The number of hydrogen-bond donors (Lipinski definition) is 1. The number of nitrogens with zero attached hydrogens (tertiary/aromatic N) is 5. The van der Waals surface area contributed by atoms with Crippen LogP contribution in [0.3, 0.4) is 0 Å². The highest BCUT2D eigenvalue weighted by Crippen LogP contribution is 2.28. The number of hydrogen-bond acceptors (Lipinski definition) is 6. The SMILES string of the molecule is Cc1c(N2C(=O)CS/C2=N/N=C/c2ccccc2O)c(=O)n(-c2ccccc2)n1C. The molecule has 8 nitrogen and oxygen atoms in total. The van der Waals surface area contributed by atoms with Crippen molar-refractivity contribution >= 4 is 34.7 Å². The number of thioether (sulfide) groups is 1. The summed E-state index contributed by atoms with van der Waals surface area (Å²) in [6.07, 6.45) is 1.41. The minimum absolute atomic E-state index is 0.0816. The molecule has 2 heterocycles. The van der Waals surface area contributed by atoms with Gasteiger partial charge in [0.25, 0.3) is 5.56 Å². The molecular weight excluding hydrogens is 402 g/mol. The maximum absolute atomic E-state index is 13.2. The normalized spacial score (nSPS) is 15.6. The van der Waals surface area contributed by atoms with E-state index in [4.69, 9.17) is 0 Å². The summed E-state index contributed by atoms with van der Waals surface area (Å²) in [4.78, 5) is 27.2. The van der Waals surface area contributed by atoms with Crippen LogP contribution in [0.1, 0.15) is 11.3 Å². The van der Waals surface area contributed by atoms with Gasteiger partial charge in [0.1, 0.15) is 11.4 Å². The molecule has 3 aromatic rings. The van der Waals surface area contributed by atoms with Crippen molar-refractivity contribution < 1.29 is 9.90 Å². The van der Waals surface area contributed by atoms with Gasteiger partial charge in [-0.15, -0.1) is 5.10 Å². The van der Waals surface area contributed by atoms with Gasteiger partial charge in [-0.1, -0.05) is 42.1 Å². The van der Waals surface area contributed by atoms with Gasteiger partial charge in [-0.05, 0) is 31.2 Å². The Morgan fingerprint density at radius 2 is 1.77 bits per heavy atom. The maximum Gasteiger partial charge on any atom is 0.296 e. The van der Waals surface area contributed by atoms with Gasteiger partial charge in [0.15, 0.2) is 5.17 Å². The molecule has 9 heteroatoms. The van der Waals surface area contributed by atoms with E-state index in [-0.39, 0.29) is 28.7 Å². The molecule has 0 atom stereocenters. The van der Waals surface area contributed by atoms with Gasteiger partial charge in [-0.2, -0.15) is 5.10 Å². The first-order valence-corrected chi connectivity index (χ1v) is 10.2. The number of amides is 1. The molecule has 1 saturated heterocycles. The van der Waals surface area contributed by atoms with Gasteiger partial charge in [0, 0.05) is 12.6 Å². The zero-order valence-electron chi connectivity index (χ0n) is 16.4.